The minimum atomic E-state index is -0.173. The summed E-state index contributed by atoms with van der Waals surface area (Å²) < 4.78 is 15.0. The third kappa shape index (κ3) is 2.52. The topological polar surface area (TPSA) is 12.0 Å². The highest BCUT2D eigenvalue weighted by Crippen LogP contribution is 2.30. The fourth-order valence-electron chi connectivity index (χ4n) is 3.01. The lowest BCUT2D eigenvalue weighted by atomic mass is 9.95. The van der Waals surface area contributed by atoms with Gasteiger partial charge >= 0.3 is 0 Å². The molecule has 1 aliphatic rings. The van der Waals surface area contributed by atoms with E-state index in [2.05, 4.69) is 39.4 Å². The van der Waals surface area contributed by atoms with Gasteiger partial charge in [-0.2, -0.15) is 0 Å². The number of hydrogen-bond acceptors (Lipinski definition) is 1. The van der Waals surface area contributed by atoms with Crippen LogP contribution in [0.25, 0.3) is 0 Å². The Morgan fingerprint density at radius 2 is 1.90 bits per heavy atom. The van der Waals surface area contributed by atoms with Gasteiger partial charge in [-0.15, -0.1) is 0 Å². The molecule has 3 heteroatoms. The lowest BCUT2D eigenvalue weighted by molar-refractivity contribution is 0.575. The van der Waals surface area contributed by atoms with E-state index in [-0.39, 0.29) is 11.9 Å². The Morgan fingerprint density at radius 3 is 2.70 bits per heavy atom. The average Bonchev–Trinajstić information content (AvgIpc) is 2.91. The van der Waals surface area contributed by atoms with E-state index in [0.717, 1.165) is 16.5 Å². The Kier molecular flexibility index (Phi) is 3.90. The minimum absolute atomic E-state index is 0.113. The Balaban J connectivity index is 2.03. The zero-order valence-corrected chi connectivity index (χ0v) is 13.0. The fraction of sp³-hybridized carbons (Fsp3) is 0.294. The Morgan fingerprint density at radius 1 is 1.10 bits per heavy atom. The average molecular weight is 334 g/mol. The van der Waals surface area contributed by atoms with E-state index in [1.165, 1.54) is 30.0 Å². The smallest absolute Gasteiger partial charge is 0.128 e. The van der Waals surface area contributed by atoms with E-state index < -0.39 is 0 Å². The minimum Gasteiger partial charge on any atom is -0.309 e. The van der Waals surface area contributed by atoms with E-state index in [1.807, 2.05) is 13.1 Å². The van der Waals surface area contributed by atoms with Gasteiger partial charge < -0.3 is 5.32 Å². The highest BCUT2D eigenvalue weighted by atomic mass is 79.9. The van der Waals surface area contributed by atoms with Crippen LogP contribution in [0.1, 0.15) is 34.7 Å². The molecule has 0 saturated heterocycles. The molecule has 1 N–H and O–H groups in total. The predicted octanol–water partition coefficient (Wildman–Crippen LogP) is 4.39. The van der Waals surface area contributed by atoms with E-state index in [9.17, 15) is 4.39 Å². The van der Waals surface area contributed by atoms with Crippen LogP contribution in [0.2, 0.25) is 0 Å². The molecule has 0 aromatic heterocycles. The number of aryl methyl sites for hydroxylation is 2. The molecule has 1 unspecified atom stereocenters. The molecule has 1 aliphatic carbocycles. The second kappa shape index (κ2) is 5.66. The first-order valence-electron chi connectivity index (χ1n) is 6.93. The molecular formula is C17H17BrFN. The molecule has 0 heterocycles. The first kappa shape index (κ1) is 13.8. The van der Waals surface area contributed by atoms with Crippen LogP contribution >= 0.6 is 15.9 Å². The predicted molar refractivity (Wildman–Crippen MR) is 83.5 cm³/mol. The summed E-state index contributed by atoms with van der Waals surface area (Å²) in [4.78, 5) is 0. The van der Waals surface area contributed by atoms with Crippen molar-refractivity contribution < 1.29 is 4.39 Å². The number of benzene rings is 2. The van der Waals surface area contributed by atoms with Gasteiger partial charge in [-0.1, -0.05) is 34.1 Å². The summed E-state index contributed by atoms with van der Waals surface area (Å²) in [5.41, 5.74) is 4.67. The van der Waals surface area contributed by atoms with Crippen LogP contribution in [-0.2, 0) is 12.8 Å². The molecule has 0 bridgehead atoms. The molecule has 104 valence electrons. The largest absolute Gasteiger partial charge is 0.309 e. The summed E-state index contributed by atoms with van der Waals surface area (Å²) in [6.45, 7) is 0. The first-order chi connectivity index (χ1) is 9.69. The van der Waals surface area contributed by atoms with E-state index >= 15 is 0 Å². The molecule has 0 radical (unpaired) electrons. The van der Waals surface area contributed by atoms with Crippen molar-refractivity contribution in [3.05, 3.63) is 68.9 Å². The maximum absolute atomic E-state index is 14.1. The molecule has 0 amide bonds. The van der Waals surface area contributed by atoms with Gasteiger partial charge in [0.05, 0.1) is 6.04 Å². The van der Waals surface area contributed by atoms with Crippen LogP contribution < -0.4 is 5.32 Å². The van der Waals surface area contributed by atoms with Crippen LogP contribution in [-0.4, -0.2) is 7.05 Å². The Labute approximate surface area is 127 Å². The maximum Gasteiger partial charge on any atom is 0.128 e. The van der Waals surface area contributed by atoms with Gasteiger partial charge in [-0.25, -0.2) is 4.39 Å². The quantitative estimate of drug-likeness (QED) is 0.878. The van der Waals surface area contributed by atoms with E-state index in [0.29, 0.717) is 5.56 Å². The SMILES string of the molecule is CNC(c1ccc2c(c1)CCC2)c1cc(Br)ccc1F. The number of nitrogens with one attached hydrogen (secondary N) is 1. The zero-order chi connectivity index (χ0) is 14.1. The van der Waals surface area contributed by atoms with Crippen LogP contribution in [0, 0.1) is 5.82 Å². The maximum atomic E-state index is 14.1. The molecule has 2 aromatic carbocycles. The highest BCUT2D eigenvalue weighted by molar-refractivity contribution is 9.10. The molecule has 0 fully saturated rings. The fourth-order valence-corrected chi connectivity index (χ4v) is 3.39. The van der Waals surface area contributed by atoms with Crippen LogP contribution in [0.3, 0.4) is 0 Å². The Bertz CT molecular complexity index is 639. The molecule has 0 aliphatic heterocycles. The van der Waals surface area contributed by atoms with Crippen molar-refractivity contribution in [1.29, 1.82) is 0 Å². The van der Waals surface area contributed by atoms with Gasteiger partial charge in [0.1, 0.15) is 5.82 Å². The lowest BCUT2D eigenvalue weighted by Gasteiger charge is -2.19. The summed E-state index contributed by atoms with van der Waals surface area (Å²) in [6.07, 6.45) is 3.54. The lowest BCUT2D eigenvalue weighted by Crippen LogP contribution is -2.19. The van der Waals surface area contributed by atoms with Crippen molar-refractivity contribution in [2.45, 2.75) is 25.3 Å². The molecule has 3 rings (SSSR count). The van der Waals surface area contributed by atoms with Crippen molar-refractivity contribution >= 4 is 15.9 Å². The molecule has 0 spiro atoms. The zero-order valence-electron chi connectivity index (χ0n) is 11.4. The van der Waals surface area contributed by atoms with Gasteiger partial charge in [0.15, 0.2) is 0 Å². The van der Waals surface area contributed by atoms with Crippen molar-refractivity contribution in [3.63, 3.8) is 0 Å². The second-order valence-corrected chi connectivity index (χ2v) is 6.18. The summed E-state index contributed by atoms with van der Waals surface area (Å²) in [5, 5.41) is 3.23. The van der Waals surface area contributed by atoms with Gasteiger partial charge in [-0.3, -0.25) is 0 Å². The van der Waals surface area contributed by atoms with Gasteiger partial charge in [-0.05, 0) is 61.2 Å². The van der Waals surface area contributed by atoms with Gasteiger partial charge in [0, 0.05) is 10.0 Å². The normalized spacial score (nSPS) is 15.2. The number of halogens is 2. The van der Waals surface area contributed by atoms with E-state index in [1.54, 1.807) is 6.07 Å². The second-order valence-electron chi connectivity index (χ2n) is 5.27. The first-order valence-corrected chi connectivity index (χ1v) is 7.72. The molecule has 20 heavy (non-hydrogen) atoms. The van der Waals surface area contributed by atoms with Crippen LogP contribution in [0.5, 0.6) is 0 Å². The van der Waals surface area contributed by atoms with Crippen molar-refractivity contribution in [2.75, 3.05) is 7.05 Å². The molecule has 1 atom stereocenters. The third-order valence-electron chi connectivity index (χ3n) is 4.01. The summed E-state index contributed by atoms with van der Waals surface area (Å²) in [5.74, 6) is -0.173. The van der Waals surface area contributed by atoms with Crippen molar-refractivity contribution in [1.82, 2.24) is 5.32 Å². The third-order valence-corrected chi connectivity index (χ3v) is 4.51. The summed E-state index contributed by atoms with van der Waals surface area (Å²) >= 11 is 3.42. The standard InChI is InChI=1S/C17H17BrFN/c1-20-17(15-10-14(18)7-8-16(15)19)13-6-5-11-3-2-4-12(11)9-13/h5-10,17,20H,2-4H2,1H3. The number of rotatable bonds is 3. The van der Waals surface area contributed by atoms with Gasteiger partial charge in [0.2, 0.25) is 0 Å². The Hall–Kier alpha value is -1.19. The molecular weight excluding hydrogens is 317 g/mol. The number of fused-ring (bicyclic) bond motifs is 1. The summed E-state index contributed by atoms with van der Waals surface area (Å²) in [6, 6.07) is 11.5. The highest BCUT2D eigenvalue weighted by Gasteiger charge is 2.19. The van der Waals surface area contributed by atoms with E-state index in [4.69, 9.17) is 0 Å². The molecule has 1 nitrogen and oxygen atoms in total. The monoisotopic (exact) mass is 333 g/mol. The van der Waals surface area contributed by atoms with Crippen LogP contribution in [0.4, 0.5) is 4.39 Å². The number of hydrogen-bond donors (Lipinski definition) is 1. The van der Waals surface area contributed by atoms with Crippen molar-refractivity contribution in [2.24, 2.45) is 0 Å². The van der Waals surface area contributed by atoms with Crippen molar-refractivity contribution in [3.8, 4) is 0 Å². The molecule has 2 aromatic rings. The summed E-state index contributed by atoms with van der Waals surface area (Å²) in [7, 11) is 1.87. The van der Waals surface area contributed by atoms with Crippen LogP contribution in [0.15, 0.2) is 40.9 Å². The van der Waals surface area contributed by atoms with Gasteiger partial charge in [0.25, 0.3) is 0 Å². The molecule has 0 saturated carbocycles.